The van der Waals surface area contributed by atoms with E-state index in [1.807, 2.05) is 6.92 Å². The molecule has 0 radical (unpaired) electrons. The molecule has 0 saturated carbocycles. The normalized spacial score (nSPS) is 23.5. The molecule has 2 saturated heterocycles. The minimum atomic E-state index is -0.732. The fourth-order valence-electron chi connectivity index (χ4n) is 3.67. The van der Waals surface area contributed by atoms with Gasteiger partial charge in [0, 0.05) is 20.0 Å². The number of halogens is 1. The van der Waals surface area contributed by atoms with Crippen molar-refractivity contribution in [1.82, 2.24) is 10.4 Å². The van der Waals surface area contributed by atoms with Crippen molar-refractivity contribution in [3.05, 3.63) is 24.0 Å². The van der Waals surface area contributed by atoms with E-state index in [0.29, 0.717) is 29.5 Å². The van der Waals surface area contributed by atoms with E-state index in [0.717, 1.165) is 0 Å². The van der Waals surface area contributed by atoms with Gasteiger partial charge in [0.1, 0.15) is 18.5 Å². The van der Waals surface area contributed by atoms with Crippen molar-refractivity contribution in [2.75, 3.05) is 42.6 Å². The number of carbonyl (C=O) groups excluding carboxylic acids is 3. The van der Waals surface area contributed by atoms with Crippen LogP contribution in [0, 0.1) is 11.7 Å². The van der Waals surface area contributed by atoms with E-state index < -0.39 is 36.4 Å². The van der Waals surface area contributed by atoms with Gasteiger partial charge in [0.05, 0.1) is 30.5 Å². The van der Waals surface area contributed by atoms with E-state index in [4.69, 9.17) is 9.84 Å². The standard InChI is InChI=1S/C19H25FN4O6/c1-11-6-22(9-16(11)21-18(27)10-25)17-4-3-13(5-15(17)20)23-7-14(30-19(23)28)8-24(29)12(2)26/h3-5,11,14,16,25,29H,6-10H2,1-2H3,(H,21,27)/t11-,14?,16+/m1/s1. The van der Waals surface area contributed by atoms with Crippen LogP contribution in [0.4, 0.5) is 20.6 Å². The molecule has 2 fully saturated rings. The molecule has 1 aromatic rings. The van der Waals surface area contributed by atoms with Gasteiger partial charge in [-0.05, 0) is 24.1 Å². The lowest BCUT2D eigenvalue weighted by molar-refractivity contribution is -0.166. The van der Waals surface area contributed by atoms with Crippen molar-refractivity contribution >= 4 is 29.3 Å². The first-order valence-electron chi connectivity index (χ1n) is 9.59. The van der Waals surface area contributed by atoms with Crippen molar-refractivity contribution in [3.8, 4) is 0 Å². The highest BCUT2D eigenvalue weighted by Gasteiger charge is 2.35. The number of rotatable bonds is 6. The number of hydroxylamine groups is 2. The van der Waals surface area contributed by atoms with Crippen LogP contribution in [0.15, 0.2) is 18.2 Å². The van der Waals surface area contributed by atoms with E-state index >= 15 is 0 Å². The Bertz CT molecular complexity index is 837. The van der Waals surface area contributed by atoms with Crippen molar-refractivity contribution in [2.45, 2.75) is 26.0 Å². The van der Waals surface area contributed by atoms with Gasteiger partial charge in [0.15, 0.2) is 0 Å². The fraction of sp³-hybridized carbons (Fsp3) is 0.526. The first-order valence-corrected chi connectivity index (χ1v) is 9.59. The lowest BCUT2D eigenvalue weighted by atomic mass is 10.1. The Hall–Kier alpha value is -2.92. The molecule has 0 aliphatic carbocycles. The highest BCUT2D eigenvalue weighted by molar-refractivity contribution is 5.90. The van der Waals surface area contributed by atoms with Crippen LogP contribution in [-0.2, 0) is 14.3 Å². The molecule has 1 aromatic carbocycles. The summed E-state index contributed by atoms with van der Waals surface area (Å²) in [5, 5.41) is 21.6. The molecule has 2 aliphatic heterocycles. The predicted octanol–water partition coefficient (Wildman–Crippen LogP) is 0.322. The summed E-state index contributed by atoms with van der Waals surface area (Å²) < 4.78 is 20.0. The second-order valence-electron chi connectivity index (χ2n) is 7.57. The lowest BCUT2D eigenvalue weighted by Gasteiger charge is -2.21. The third kappa shape index (κ3) is 4.62. The van der Waals surface area contributed by atoms with Gasteiger partial charge in [-0.1, -0.05) is 6.92 Å². The number of nitrogens with one attached hydrogen (secondary N) is 1. The number of anilines is 2. The maximum atomic E-state index is 14.8. The van der Waals surface area contributed by atoms with Crippen molar-refractivity contribution in [1.29, 1.82) is 0 Å². The van der Waals surface area contributed by atoms with Gasteiger partial charge in [0.25, 0.3) is 0 Å². The van der Waals surface area contributed by atoms with E-state index in [1.54, 1.807) is 17.0 Å². The largest absolute Gasteiger partial charge is 0.442 e. The molecule has 30 heavy (non-hydrogen) atoms. The van der Waals surface area contributed by atoms with Crippen LogP contribution in [-0.4, -0.2) is 78.2 Å². The molecule has 3 amide bonds. The zero-order chi connectivity index (χ0) is 22.0. The number of cyclic esters (lactones) is 1. The molecule has 10 nitrogen and oxygen atoms in total. The van der Waals surface area contributed by atoms with Gasteiger partial charge in [-0.25, -0.2) is 14.2 Å². The van der Waals surface area contributed by atoms with Crippen molar-refractivity contribution in [2.24, 2.45) is 5.92 Å². The van der Waals surface area contributed by atoms with Crippen LogP contribution in [0.5, 0.6) is 0 Å². The zero-order valence-electron chi connectivity index (χ0n) is 16.7. The summed E-state index contributed by atoms with van der Waals surface area (Å²) in [6.45, 7) is 3.33. The molecule has 3 N–H and O–H groups in total. The topological polar surface area (TPSA) is 123 Å². The van der Waals surface area contributed by atoms with Crippen LogP contribution < -0.4 is 15.1 Å². The number of benzene rings is 1. The third-order valence-corrected chi connectivity index (χ3v) is 5.30. The van der Waals surface area contributed by atoms with E-state index in [-0.39, 0.29) is 25.0 Å². The number of aliphatic hydroxyl groups is 1. The van der Waals surface area contributed by atoms with Crippen LogP contribution in [0.1, 0.15) is 13.8 Å². The van der Waals surface area contributed by atoms with E-state index in [1.165, 1.54) is 17.9 Å². The summed E-state index contributed by atoms with van der Waals surface area (Å²) >= 11 is 0. The average Bonchev–Trinajstić information content (AvgIpc) is 3.23. The molecule has 3 atom stereocenters. The molecule has 11 heteroatoms. The van der Waals surface area contributed by atoms with Gasteiger partial charge in [-0.3, -0.25) is 19.7 Å². The Morgan fingerprint density at radius 1 is 1.33 bits per heavy atom. The van der Waals surface area contributed by atoms with Gasteiger partial charge >= 0.3 is 6.09 Å². The fourth-order valence-corrected chi connectivity index (χ4v) is 3.67. The number of hydrogen-bond acceptors (Lipinski definition) is 7. The van der Waals surface area contributed by atoms with Crippen LogP contribution in [0.25, 0.3) is 0 Å². The number of aliphatic hydroxyl groups excluding tert-OH is 1. The lowest BCUT2D eigenvalue weighted by Crippen LogP contribution is -2.41. The second-order valence-corrected chi connectivity index (χ2v) is 7.57. The quantitative estimate of drug-likeness (QED) is 0.444. The number of ether oxygens (including phenoxy) is 1. The third-order valence-electron chi connectivity index (χ3n) is 5.30. The highest BCUT2D eigenvalue weighted by Crippen LogP contribution is 2.31. The minimum Gasteiger partial charge on any atom is -0.442 e. The first kappa shape index (κ1) is 21.8. The predicted molar refractivity (Wildman–Crippen MR) is 104 cm³/mol. The van der Waals surface area contributed by atoms with Crippen LogP contribution >= 0.6 is 0 Å². The summed E-state index contributed by atoms with van der Waals surface area (Å²) in [6, 6.07) is 4.17. The number of amides is 3. The first-order chi connectivity index (χ1) is 14.2. The van der Waals surface area contributed by atoms with Gasteiger partial charge in [-0.2, -0.15) is 0 Å². The minimum absolute atomic E-state index is 0.0663. The van der Waals surface area contributed by atoms with Crippen LogP contribution in [0.3, 0.4) is 0 Å². The molecule has 0 spiro atoms. The Morgan fingerprint density at radius 2 is 2.07 bits per heavy atom. The second kappa shape index (κ2) is 8.84. The Balaban J connectivity index is 1.68. The molecule has 164 valence electrons. The summed E-state index contributed by atoms with van der Waals surface area (Å²) in [4.78, 5) is 37.7. The molecule has 3 rings (SSSR count). The molecule has 2 aliphatic rings. The Morgan fingerprint density at radius 3 is 2.70 bits per heavy atom. The molecule has 2 heterocycles. The molecular weight excluding hydrogens is 399 g/mol. The molecule has 0 bridgehead atoms. The smallest absolute Gasteiger partial charge is 0.414 e. The Kier molecular flexibility index (Phi) is 6.42. The summed E-state index contributed by atoms with van der Waals surface area (Å²) in [5.41, 5.74) is 0.641. The van der Waals surface area contributed by atoms with Gasteiger partial charge in [-0.15, -0.1) is 0 Å². The maximum absolute atomic E-state index is 14.8. The van der Waals surface area contributed by atoms with Crippen molar-refractivity contribution < 1.29 is 33.8 Å². The molecular formula is C19H25FN4O6. The Labute approximate surface area is 172 Å². The molecule has 0 aromatic heterocycles. The number of hydrogen-bond donors (Lipinski definition) is 3. The summed E-state index contributed by atoms with van der Waals surface area (Å²) in [6.07, 6.45) is -1.42. The van der Waals surface area contributed by atoms with Gasteiger partial charge < -0.3 is 20.1 Å². The monoisotopic (exact) mass is 424 g/mol. The van der Waals surface area contributed by atoms with E-state index in [9.17, 15) is 24.0 Å². The zero-order valence-corrected chi connectivity index (χ0v) is 16.7. The molecule has 1 unspecified atom stereocenters. The van der Waals surface area contributed by atoms with E-state index in [2.05, 4.69) is 5.32 Å². The van der Waals surface area contributed by atoms with Gasteiger partial charge in [0.2, 0.25) is 11.8 Å². The summed E-state index contributed by atoms with van der Waals surface area (Å²) in [7, 11) is 0. The number of nitrogens with zero attached hydrogens (tertiary/aromatic N) is 3. The summed E-state index contributed by atoms with van der Waals surface area (Å²) in [5.74, 6) is -1.51. The number of carbonyl (C=O) groups is 3. The SMILES string of the molecule is CC(=O)N(O)CC1CN(c2ccc(N3C[C@@H](C)[C@@H](NC(=O)CO)C3)c(F)c2)C(=O)O1. The average molecular weight is 424 g/mol. The maximum Gasteiger partial charge on any atom is 0.414 e. The highest BCUT2D eigenvalue weighted by atomic mass is 19.1. The van der Waals surface area contributed by atoms with Crippen molar-refractivity contribution in [3.63, 3.8) is 0 Å². The van der Waals surface area contributed by atoms with Crippen LogP contribution in [0.2, 0.25) is 0 Å².